The summed E-state index contributed by atoms with van der Waals surface area (Å²) in [6, 6.07) is 0. The molecule has 0 aromatic heterocycles. The molecule has 0 fully saturated rings. The molecule has 0 aromatic rings. The van der Waals surface area contributed by atoms with Crippen molar-refractivity contribution in [2.75, 3.05) is 65.4 Å². The molecular formula is C15H36N6O. The van der Waals surface area contributed by atoms with Crippen LogP contribution in [0.3, 0.4) is 0 Å². The van der Waals surface area contributed by atoms with Crippen LogP contribution in [0.1, 0.15) is 20.3 Å². The summed E-state index contributed by atoms with van der Waals surface area (Å²) < 4.78 is 0. The van der Waals surface area contributed by atoms with Crippen molar-refractivity contribution in [3.63, 3.8) is 0 Å². The maximum Gasteiger partial charge on any atom is 0.222 e. The molecule has 0 bridgehead atoms. The van der Waals surface area contributed by atoms with Gasteiger partial charge in [-0.3, -0.25) is 4.79 Å². The Balaban J connectivity index is 3.10. The maximum atomic E-state index is 11.5. The Hall–Kier alpha value is -0.730. The van der Waals surface area contributed by atoms with Crippen LogP contribution in [0.15, 0.2) is 0 Å². The number of carbonyl (C=O) groups is 1. The van der Waals surface area contributed by atoms with Gasteiger partial charge >= 0.3 is 0 Å². The van der Waals surface area contributed by atoms with E-state index in [9.17, 15) is 4.79 Å². The topological polar surface area (TPSA) is 103 Å². The Morgan fingerprint density at radius 2 is 1.23 bits per heavy atom. The van der Waals surface area contributed by atoms with Gasteiger partial charge in [-0.1, -0.05) is 13.8 Å². The van der Waals surface area contributed by atoms with Gasteiger partial charge in [0.2, 0.25) is 5.91 Å². The average molecular weight is 316 g/mol. The van der Waals surface area contributed by atoms with E-state index in [2.05, 4.69) is 26.6 Å². The molecule has 0 aromatic carbocycles. The van der Waals surface area contributed by atoms with Crippen LogP contribution in [-0.2, 0) is 4.79 Å². The van der Waals surface area contributed by atoms with Crippen LogP contribution >= 0.6 is 0 Å². The SMILES string of the molecule is CCC(C)C(=O)NCCNCCNCCNCCNCCN. The first-order chi connectivity index (χ1) is 10.7. The van der Waals surface area contributed by atoms with Gasteiger partial charge in [0.15, 0.2) is 0 Å². The number of carbonyl (C=O) groups excluding carboxylic acids is 1. The average Bonchev–Trinajstić information content (AvgIpc) is 2.54. The summed E-state index contributed by atoms with van der Waals surface area (Å²) in [6.45, 7) is 12.8. The van der Waals surface area contributed by atoms with Crippen LogP contribution in [0.25, 0.3) is 0 Å². The predicted octanol–water partition coefficient (Wildman–Crippen LogP) is -1.53. The Kier molecular flexibility index (Phi) is 16.1. The monoisotopic (exact) mass is 316 g/mol. The lowest BCUT2D eigenvalue weighted by Gasteiger charge is -2.11. The van der Waals surface area contributed by atoms with Gasteiger partial charge in [0.25, 0.3) is 0 Å². The van der Waals surface area contributed by atoms with E-state index >= 15 is 0 Å². The van der Waals surface area contributed by atoms with Crippen molar-refractivity contribution < 1.29 is 4.79 Å². The molecule has 0 radical (unpaired) electrons. The van der Waals surface area contributed by atoms with Gasteiger partial charge < -0.3 is 32.3 Å². The highest BCUT2D eigenvalue weighted by Crippen LogP contribution is 1.98. The third-order valence-corrected chi connectivity index (χ3v) is 3.42. The number of amides is 1. The highest BCUT2D eigenvalue weighted by atomic mass is 16.1. The van der Waals surface area contributed by atoms with E-state index in [-0.39, 0.29) is 11.8 Å². The zero-order chi connectivity index (χ0) is 16.5. The molecule has 132 valence electrons. The van der Waals surface area contributed by atoms with Crippen molar-refractivity contribution in [3.05, 3.63) is 0 Å². The van der Waals surface area contributed by atoms with Crippen molar-refractivity contribution in [3.8, 4) is 0 Å². The van der Waals surface area contributed by atoms with Crippen LogP contribution in [0.2, 0.25) is 0 Å². The number of rotatable bonds is 16. The summed E-state index contributed by atoms with van der Waals surface area (Å²) in [7, 11) is 0. The van der Waals surface area contributed by atoms with Gasteiger partial charge in [-0.05, 0) is 6.42 Å². The van der Waals surface area contributed by atoms with E-state index in [1.54, 1.807) is 0 Å². The van der Waals surface area contributed by atoms with Gasteiger partial charge in [0.05, 0.1) is 0 Å². The third-order valence-electron chi connectivity index (χ3n) is 3.42. The van der Waals surface area contributed by atoms with Gasteiger partial charge in [0.1, 0.15) is 0 Å². The van der Waals surface area contributed by atoms with E-state index in [0.717, 1.165) is 58.8 Å². The standard InChI is InChI=1S/C15H36N6O/c1-3-14(2)15(22)21-13-12-20-11-10-19-9-8-18-7-6-17-5-4-16/h14,17-20H,3-13,16H2,1-2H3,(H,21,22). The molecule has 7 N–H and O–H groups in total. The molecule has 1 atom stereocenters. The lowest BCUT2D eigenvalue weighted by Crippen LogP contribution is -2.38. The third kappa shape index (κ3) is 14.2. The molecule has 0 saturated carbocycles. The molecule has 7 heteroatoms. The van der Waals surface area contributed by atoms with Gasteiger partial charge in [-0.2, -0.15) is 0 Å². The summed E-state index contributed by atoms with van der Waals surface area (Å²) in [6.07, 6.45) is 0.889. The summed E-state index contributed by atoms with van der Waals surface area (Å²) in [4.78, 5) is 11.5. The van der Waals surface area contributed by atoms with Crippen molar-refractivity contribution in [2.45, 2.75) is 20.3 Å². The second-order valence-corrected chi connectivity index (χ2v) is 5.39. The van der Waals surface area contributed by atoms with Crippen molar-refractivity contribution in [1.82, 2.24) is 26.6 Å². The molecule has 0 saturated heterocycles. The number of nitrogens with one attached hydrogen (secondary N) is 5. The molecule has 1 unspecified atom stereocenters. The molecule has 0 aliphatic rings. The highest BCUT2D eigenvalue weighted by Gasteiger charge is 2.08. The minimum Gasteiger partial charge on any atom is -0.355 e. The Labute approximate surface area is 135 Å². The second kappa shape index (κ2) is 16.6. The van der Waals surface area contributed by atoms with Crippen molar-refractivity contribution in [1.29, 1.82) is 0 Å². The second-order valence-electron chi connectivity index (χ2n) is 5.39. The van der Waals surface area contributed by atoms with Crippen LogP contribution in [0, 0.1) is 5.92 Å². The minimum absolute atomic E-state index is 0.111. The molecule has 0 aliphatic carbocycles. The van der Waals surface area contributed by atoms with E-state index in [0.29, 0.717) is 13.1 Å². The molecule has 1 amide bonds. The van der Waals surface area contributed by atoms with Crippen molar-refractivity contribution >= 4 is 5.91 Å². The van der Waals surface area contributed by atoms with Crippen LogP contribution < -0.4 is 32.3 Å². The van der Waals surface area contributed by atoms with Gasteiger partial charge in [-0.15, -0.1) is 0 Å². The summed E-state index contributed by atoms with van der Waals surface area (Å²) in [5.74, 6) is 0.258. The molecule has 7 nitrogen and oxygen atoms in total. The maximum absolute atomic E-state index is 11.5. The normalized spacial score (nSPS) is 12.3. The first kappa shape index (κ1) is 21.3. The lowest BCUT2D eigenvalue weighted by atomic mass is 10.1. The zero-order valence-electron chi connectivity index (χ0n) is 14.3. The van der Waals surface area contributed by atoms with Crippen LogP contribution in [-0.4, -0.2) is 71.4 Å². The highest BCUT2D eigenvalue weighted by molar-refractivity contribution is 5.78. The predicted molar refractivity (Wildman–Crippen MR) is 93.0 cm³/mol. The summed E-state index contributed by atoms with van der Waals surface area (Å²) >= 11 is 0. The first-order valence-corrected chi connectivity index (χ1v) is 8.53. The minimum atomic E-state index is 0.111. The molecule has 22 heavy (non-hydrogen) atoms. The fraction of sp³-hybridized carbons (Fsp3) is 0.933. The summed E-state index contributed by atoms with van der Waals surface area (Å²) in [5.41, 5.74) is 5.38. The van der Waals surface area contributed by atoms with Crippen LogP contribution in [0.5, 0.6) is 0 Å². The molecule has 0 heterocycles. The molecular weight excluding hydrogens is 280 g/mol. The zero-order valence-corrected chi connectivity index (χ0v) is 14.3. The summed E-state index contributed by atoms with van der Waals surface area (Å²) in [5, 5.41) is 16.2. The molecule has 0 aliphatic heterocycles. The van der Waals surface area contributed by atoms with E-state index < -0.39 is 0 Å². The fourth-order valence-corrected chi connectivity index (χ4v) is 1.77. The number of nitrogens with two attached hydrogens (primary N) is 1. The van der Waals surface area contributed by atoms with Crippen LogP contribution in [0.4, 0.5) is 0 Å². The van der Waals surface area contributed by atoms with Gasteiger partial charge in [0, 0.05) is 71.4 Å². The van der Waals surface area contributed by atoms with Gasteiger partial charge in [-0.25, -0.2) is 0 Å². The van der Waals surface area contributed by atoms with E-state index in [1.807, 2.05) is 13.8 Å². The lowest BCUT2D eigenvalue weighted by molar-refractivity contribution is -0.124. The Morgan fingerprint density at radius 3 is 1.64 bits per heavy atom. The largest absolute Gasteiger partial charge is 0.355 e. The Morgan fingerprint density at radius 1 is 0.818 bits per heavy atom. The Bertz CT molecular complexity index is 252. The van der Waals surface area contributed by atoms with E-state index in [4.69, 9.17) is 5.73 Å². The first-order valence-electron chi connectivity index (χ1n) is 8.53. The smallest absolute Gasteiger partial charge is 0.222 e. The van der Waals surface area contributed by atoms with E-state index in [1.165, 1.54) is 0 Å². The molecule has 0 spiro atoms. The number of hydrogen-bond donors (Lipinski definition) is 6. The van der Waals surface area contributed by atoms with Crippen molar-refractivity contribution in [2.24, 2.45) is 11.7 Å². The fourth-order valence-electron chi connectivity index (χ4n) is 1.77. The number of hydrogen-bond acceptors (Lipinski definition) is 6. The quantitative estimate of drug-likeness (QED) is 0.193. The molecule has 0 rings (SSSR count).